The van der Waals surface area contributed by atoms with Crippen molar-refractivity contribution in [1.29, 1.82) is 0 Å². The van der Waals surface area contributed by atoms with E-state index < -0.39 is 0 Å². The van der Waals surface area contributed by atoms with Gasteiger partial charge in [-0.25, -0.2) is 0 Å². The molecule has 0 aliphatic rings. The minimum absolute atomic E-state index is 0.0989. The zero-order chi connectivity index (χ0) is 11.3. The molecule has 0 radical (unpaired) electrons. The molecule has 0 atom stereocenters. The predicted octanol–water partition coefficient (Wildman–Crippen LogP) is 1.71. The fraction of sp³-hybridized carbons (Fsp3) is 0.600. The maximum absolute atomic E-state index is 11.3. The summed E-state index contributed by atoms with van der Waals surface area (Å²) in [5, 5.41) is 7.04. The van der Waals surface area contributed by atoms with Crippen molar-refractivity contribution in [2.75, 3.05) is 6.54 Å². The van der Waals surface area contributed by atoms with Gasteiger partial charge in [-0.1, -0.05) is 6.92 Å². The molecule has 1 rings (SSSR count). The van der Waals surface area contributed by atoms with E-state index in [-0.39, 0.29) is 5.91 Å². The molecule has 0 aromatic carbocycles. The highest BCUT2D eigenvalue weighted by Crippen LogP contribution is 2.09. The average Bonchev–Trinajstić information content (AvgIpc) is 2.54. The van der Waals surface area contributed by atoms with Gasteiger partial charge in [0.15, 0.2) is 0 Å². The molecule has 1 N–H and O–H groups in total. The number of halogens is 1. The van der Waals surface area contributed by atoms with Crippen LogP contribution in [0.2, 0.25) is 0 Å². The number of amides is 1. The number of aryl methyl sites for hydroxylation is 1. The first-order valence-corrected chi connectivity index (χ1v) is 6.17. The molecule has 0 unspecified atom stereocenters. The molecule has 1 amide bonds. The summed E-state index contributed by atoms with van der Waals surface area (Å²) in [4.78, 5) is 11.3. The number of carbonyl (C=O) groups is 1. The smallest absolute Gasteiger partial charge is 0.221 e. The summed E-state index contributed by atoms with van der Waals surface area (Å²) in [6.45, 7) is 5.47. The summed E-state index contributed by atoms with van der Waals surface area (Å²) >= 11 is 2.24. The monoisotopic (exact) mass is 321 g/mol. The second-order valence-corrected chi connectivity index (χ2v) is 4.56. The van der Waals surface area contributed by atoms with Crippen LogP contribution in [-0.4, -0.2) is 22.2 Å². The van der Waals surface area contributed by atoms with Crippen LogP contribution in [0, 0.1) is 10.5 Å². The molecule has 1 aromatic heterocycles. The molecular formula is C10H16IN3O. The number of hydrogen-bond acceptors (Lipinski definition) is 2. The van der Waals surface area contributed by atoms with Gasteiger partial charge in [-0.3, -0.25) is 9.48 Å². The van der Waals surface area contributed by atoms with Gasteiger partial charge in [-0.05, 0) is 35.9 Å². The van der Waals surface area contributed by atoms with E-state index in [2.05, 4.69) is 33.0 Å². The van der Waals surface area contributed by atoms with E-state index >= 15 is 0 Å². The van der Waals surface area contributed by atoms with Crippen molar-refractivity contribution in [2.24, 2.45) is 0 Å². The Hall–Kier alpha value is -0.590. The van der Waals surface area contributed by atoms with Gasteiger partial charge in [0.05, 0.1) is 9.77 Å². The Morgan fingerprint density at radius 3 is 2.93 bits per heavy atom. The molecule has 4 nitrogen and oxygen atoms in total. The Morgan fingerprint density at radius 1 is 1.67 bits per heavy atom. The van der Waals surface area contributed by atoms with Gasteiger partial charge in [-0.2, -0.15) is 5.10 Å². The highest BCUT2D eigenvalue weighted by atomic mass is 127. The van der Waals surface area contributed by atoms with Gasteiger partial charge in [0.2, 0.25) is 5.91 Å². The molecule has 0 saturated heterocycles. The lowest BCUT2D eigenvalue weighted by molar-refractivity contribution is -0.121. The quantitative estimate of drug-likeness (QED) is 0.840. The number of rotatable bonds is 5. The third kappa shape index (κ3) is 3.81. The van der Waals surface area contributed by atoms with Crippen molar-refractivity contribution in [3.05, 3.63) is 15.5 Å². The third-order valence-electron chi connectivity index (χ3n) is 2.17. The topological polar surface area (TPSA) is 46.9 Å². The second kappa shape index (κ2) is 6.09. The van der Waals surface area contributed by atoms with Gasteiger partial charge in [0.1, 0.15) is 0 Å². The van der Waals surface area contributed by atoms with Crippen molar-refractivity contribution < 1.29 is 4.79 Å². The molecule has 5 heteroatoms. The van der Waals surface area contributed by atoms with Gasteiger partial charge in [0.25, 0.3) is 0 Å². The Bertz CT molecular complexity index is 335. The van der Waals surface area contributed by atoms with Gasteiger partial charge in [-0.15, -0.1) is 0 Å². The molecule has 0 bridgehead atoms. The lowest BCUT2D eigenvalue weighted by Gasteiger charge is -2.05. The van der Waals surface area contributed by atoms with E-state index in [9.17, 15) is 4.79 Å². The number of carbonyl (C=O) groups excluding carboxylic acids is 1. The van der Waals surface area contributed by atoms with Crippen LogP contribution >= 0.6 is 22.6 Å². The normalized spacial score (nSPS) is 10.3. The van der Waals surface area contributed by atoms with Crippen molar-refractivity contribution in [2.45, 2.75) is 33.2 Å². The van der Waals surface area contributed by atoms with Crippen LogP contribution in [0.5, 0.6) is 0 Å². The van der Waals surface area contributed by atoms with Crippen LogP contribution < -0.4 is 5.32 Å². The van der Waals surface area contributed by atoms with E-state index in [1.54, 1.807) is 0 Å². The molecule has 0 saturated carbocycles. The fourth-order valence-corrected chi connectivity index (χ4v) is 1.61. The first kappa shape index (κ1) is 12.5. The number of aromatic nitrogens is 2. The highest BCUT2D eigenvalue weighted by Gasteiger charge is 2.05. The number of nitrogens with zero attached hydrogens (tertiary/aromatic N) is 2. The first-order chi connectivity index (χ1) is 7.15. The van der Waals surface area contributed by atoms with Crippen LogP contribution in [-0.2, 0) is 11.3 Å². The van der Waals surface area contributed by atoms with E-state index in [0.29, 0.717) is 13.0 Å². The van der Waals surface area contributed by atoms with Crippen molar-refractivity contribution in [3.8, 4) is 0 Å². The van der Waals surface area contributed by atoms with Gasteiger partial charge < -0.3 is 5.32 Å². The third-order valence-corrected chi connectivity index (χ3v) is 3.23. The van der Waals surface area contributed by atoms with E-state index in [1.807, 2.05) is 24.7 Å². The number of hydrogen-bond donors (Lipinski definition) is 1. The summed E-state index contributed by atoms with van der Waals surface area (Å²) in [6, 6.07) is 0. The second-order valence-electron chi connectivity index (χ2n) is 3.40. The summed E-state index contributed by atoms with van der Waals surface area (Å²) < 4.78 is 3.01. The molecule has 0 aliphatic heterocycles. The van der Waals surface area contributed by atoms with Crippen LogP contribution in [0.1, 0.15) is 25.5 Å². The fourth-order valence-electron chi connectivity index (χ4n) is 1.21. The summed E-state index contributed by atoms with van der Waals surface area (Å²) in [5.41, 5.74) is 1.12. The van der Waals surface area contributed by atoms with E-state index in [4.69, 9.17) is 0 Å². The summed E-state index contributed by atoms with van der Waals surface area (Å²) in [7, 11) is 0. The van der Waals surface area contributed by atoms with Crippen LogP contribution in [0.25, 0.3) is 0 Å². The number of nitrogens with one attached hydrogen (secondary N) is 1. The van der Waals surface area contributed by atoms with Gasteiger partial charge in [0, 0.05) is 25.2 Å². The Balaban J connectivity index is 2.37. The first-order valence-electron chi connectivity index (χ1n) is 5.09. The average molecular weight is 321 g/mol. The minimum Gasteiger partial charge on any atom is -0.356 e. The Kier molecular flexibility index (Phi) is 5.07. The standard InChI is InChI=1S/C10H16IN3O/c1-3-5-12-10(15)4-6-14-8(2)9(11)7-13-14/h7H,3-6H2,1-2H3,(H,12,15). The summed E-state index contributed by atoms with van der Waals surface area (Å²) in [5.74, 6) is 0.0989. The van der Waals surface area contributed by atoms with Crippen LogP contribution in [0.4, 0.5) is 0 Å². The van der Waals surface area contributed by atoms with E-state index in [0.717, 1.165) is 22.2 Å². The molecule has 84 valence electrons. The van der Waals surface area contributed by atoms with Crippen LogP contribution in [0.3, 0.4) is 0 Å². The molecular weight excluding hydrogens is 305 g/mol. The van der Waals surface area contributed by atoms with Crippen molar-refractivity contribution >= 4 is 28.5 Å². The Morgan fingerprint density at radius 2 is 2.40 bits per heavy atom. The molecule has 0 aliphatic carbocycles. The van der Waals surface area contributed by atoms with Crippen LogP contribution in [0.15, 0.2) is 6.20 Å². The maximum Gasteiger partial charge on any atom is 0.221 e. The largest absolute Gasteiger partial charge is 0.356 e. The molecule has 0 fully saturated rings. The van der Waals surface area contributed by atoms with Crippen molar-refractivity contribution in [3.63, 3.8) is 0 Å². The zero-order valence-corrected chi connectivity index (χ0v) is 11.2. The summed E-state index contributed by atoms with van der Waals surface area (Å²) in [6.07, 6.45) is 3.29. The molecule has 1 aromatic rings. The molecule has 15 heavy (non-hydrogen) atoms. The lowest BCUT2D eigenvalue weighted by Crippen LogP contribution is -2.25. The lowest BCUT2D eigenvalue weighted by atomic mass is 10.3. The molecule has 1 heterocycles. The maximum atomic E-state index is 11.3. The minimum atomic E-state index is 0.0989. The highest BCUT2D eigenvalue weighted by molar-refractivity contribution is 14.1. The van der Waals surface area contributed by atoms with Gasteiger partial charge >= 0.3 is 0 Å². The van der Waals surface area contributed by atoms with Crippen molar-refractivity contribution in [1.82, 2.24) is 15.1 Å². The Labute approximate surface area is 104 Å². The van der Waals surface area contributed by atoms with E-state index in [1.165, 1.54) is 0 Å². The predicted molar refractivity (Wildman–Crippen MR) is 67.6 cm³/mol. The SMILES string of the molecule is CCCNC(=O)CCn1ncc(I)c1C. The zero-order valence-electron chi connectivity index (χ0n) is 9.09. The molecule has 0 spiro atoms.